The van der Waals surface area contributed by atoms with Crippen LogP contribution in [0.3, 0.4) is 0 Å². The SMILES string of the molecule is C/C(=N/NS(=O)(=O)c1ccc(C)cc1)c1ccc(OC(C)C)cc1. The molecule has 1 N–H and O–H groups in total. The van der Waals surface area contributed by atoms with E-state index in [4.69, 9.17) is 4.74 Å². The second-order valence-corrected chi connectivity index (χ2v) is 7.46. The van der Waals surface area contributed by atoms with Gasteiger partial charge in [0, 0.05) is 0 Å². The predicted molar refractivity (Wildman–Crippen MR) is 95.9 cm³/mol. The van der Waals surface area contributed by atoms with Crippen LogP contribution in [-0.4, -0.2) is 20.2 Å². The van der Waals surface area contributed by atoms with Crippen molar-refractivity contribution in [2.75, 3.05) is 0 Å². The van der Waals surface area contributed by atoms with Crippen LogP contribution in [0.2, 0.25) is 0 Å². The Kier molecular flexibility index (Phi) is 5.62. The van der Waals surface area contributed by atoms with Gasteiger partial charge in [-0.05, 0) is 69.7 Å². The lowest BCUT2D eigenvalue weighted by atomic mass is 10.1. The minimum Gasteiger partial charge on any atom is -0.491 e. The van der Waals surface area contributed by atoms with E-state index in [1.165, 1.54) is 0 Å². The zero-order chi connectivity index (χ0) is 17.7. The van der Waals surface area contributed by atoms with Crippen molar-refractivity contribution >= 4 is 15.7 Å². The molecule has 0 amide bonds. The van der Waals surface area contributed by atoms with Crippen LogP contribution in [0.4, 0.5) is 0 Å². The van der Waals surface area contributed by atoms with E-state index in [1.54, 1.807) is 31.2 Å². The number of hydrazone groups is 1. The molecule has 5 nitrogen and oxygen atoms in total. The van der Waals surface area contributed by atoms with Gasteiger partial charge in [0.2, 0.25) is 0 Å². The van der Waals surface area contributed by atoms with Crippen molar-refractivity contribution in [1.82, 2.24) is 4.83 Å². The molecule has 0 spiro atoms. The average Bonchev–Trinajstić information content (AvgIpc) is 2.53. The maximum absolute atomic E-state index is 12.2. The summed E-state index contributed by atoms with van der Waals surface area (Å²) in [5.41, 5.74) is 2.39. The summed E-state index contributed by atoms with van der Waals surface area (Å²) in [6, 6.07) is 14.0. The van der Waals surface area contributed by atoms with Crippen LogP contribution >= 0.6 is 0 Å². The molecule has 24 heavy (non-hydrogen) atoms. The molecule has 0 heterocycles. The first kappa shape index (κ1) is 18.0. The highest BCUT2D eigenvalue weighted by molar-refractivity contribution is 7.89. The van der Waals surface area contributed by atoms with E-state index in [0.29, 0.717) is 5.71 Å². The quantitative estimate of drug-likeness (QED) is 0.643. The van der Waals surface area contributed by atoms with Crippen LogP contribution in [0.15, 0.2) is 58.5 Å². The first-order chi connectivity index (χ1) is 11.3. The van der Waals surface area contributed by atoms with E-state index in [0.717, 1.165) is 16.9 Å². The molecule has 6 heteroatoms. The summed E-state index contributed by atoms with van der Waals surface area (Å²) in [5.74, 6) is 0.766. The zero-order valence-corrected chi connectivity index (χ0v) is 15.1. The largest absolute Gasteiger partial charge is 0.491 e. The number of ether oxygens (including phenoxy) is 1. The molecule has 0 bridgehead atoms. The third-order valence-corrected chi connectivity index (χ3v) is 4.53. The monoisotopic (exact) mass is 346 g/mol. The molecular formula is C18H22N2O3S. The maximum Gasteiger partial charge on any atom is 0.276 e. The molecular weight excluding hydrogens is 324 g/mol. The van der Waals surface area contributed by atoms with Gasteiger partial charge in [-0.15, -0.1) is 0 Å². The summed E-state index contributed by atoms with van der Waals surface area (Å²) in [7, 11) is -3.67. The lowest BCUT2D eigenvalue weighted by molar-refractivity contribution is 0.242. The Morgan fingerprint density at radius 1 is 1.04 bits per heavy atom. The van der Waals surface area contributed by atoms with Crippen LogP contribution in [0.5, 0.6) is 5.75 Å². The molecule has 128 valence electrons. The molecule has 0 atom stereocenters. The van der Waals surface area contributed by atoms with Crippen molar-refractivity contribution in [3.63, 3.8) is 0 Å². The Morgan fingerprint density at radius 3 is 2.17 bits per heavy atom. The van der Waals surface area contributed by atoms with Gasteiger partial charge in [-0.2, -0.15) is 18.4 Å². The highest BCUT2D eigenvalue weighted by Gasteiger charge is 2.12. The molecule has 2 rings (SSSR count). The lowest BCUT2D eigenvalue weighted by Crippen LogP contribution is -2.20. The highest BCUT2D eigenvalue weighted by Crippen LogP contribution is 2.15. The number of aryl methyl sites for hydroxylation is 1. The van der Waals surface area contributed by atoms with E-state index in [1.807, 2.05) is 45.0 Å². The molecule has 0 radical (unpaired) electrons. The summed E-state index contributed by atoms with van der Waals surface area (Å²) in [4.78, 5) is 2.45. The molecule has 0 unspecified atom stereocenters. The van der Waals surface area contributed by atoms with Gasteiger partial charge in [0.25, 0.3) is 10.0 Å². The summed E-state index contributed by atoms with van der Waals surface area (Å²) in [6.07, 6.45) is 0.104. The van der Waals surface area contributed by atoms with Gasteiger partial charge in [0.15, 0.2) is 0 Å². The predicted octanol–water partition coefficient (Wildman–Crippen LogP) is 3.48. The number of rotatable bonds is 6. The topological polar surface area (TPSA) is 67.8 Å². The summed E-state index contributed by atoms with van der Waals surface area (Å²) < 4.78 is 30.0. The molecule has 2 aromatic carbocycles. The Labute approximate surface area is 143 Å². The smallest absolute Gasteiger partial charge is 0.276 e. The second-order valence-electron chi connectivity index (χ2n) is 5.80. The van der Waals surface area contributed by atoms with Gasteiger partial charge in [-0.3, -0.25) is 0 Å². The number of benzene rings is 2. The van der Waals surface area contributed by atoms with Gasteiger partial charge < -0.3 is 4.74 Å². The summed E-state index contributed by atoms with van der Waals surface area (Å²) in [6.45, 7) is 7.57. The number of hydrogen-bond donors (Lipinski definition) is 1. The van der Waals surface area contributed by atoms with Crippen LogP contribution in [0.25, 0.3) is 0 Å². The Hall–Kier alpha value is -2.34. The molecule has 0 saturated heterocycles. The Morgan fingerprint density at radius 2 is 1.62 bits per heavy atom. The molecule has 0 aliphatic heterocycles. The number of sulfonamides is 1. The first-order valence-corrected chi connectivity index (χ1v) is 9.16. The first-order valence-electron chi connectivity index (χ1n) is 7.68. The minimum absolute atomic E-state index is 0.104. The third kappa shape index (κ3) is 4.83. The van der Waals surface area contributed by atoms with Crippen molar-refractivity contribution in [2.45, 2.75) is 38.7 Å². The lowest BCUT2D eigenvalue weighted by Gasteiger charge is -2.10. The van der Waals surface area contributed by atoms with Crippen molar-refractivity contribution < 1.29 is 13.2 Å². The van der Waals surface area contributed by atoms with E-state index in [9.17, 15) is 8.42 Å². The van der Waals surface area contributed by atoms with Crippen molar-refractivity contribution in [2.24, 2.45) is 5.10 Å². The maximum atomic E-state index is 12.2. The standard InChI is InChI=1S/C18H22N2O3S/c1-13(2)23-17-9-7-16(8-10-17)15(4)19-20-24(21,22)18-11-5-14(3)6-12-18/h5-13,20H,1-4H3/b19-15-. The van der Waals surface area contributed by atoms with Crippen molar-refractivity contribution in [1.29, 1.82) is 0 Å². The van der Waals surface area contributed by atoms with Gasteiger partial charge in [0.05, 0.1) is 16.7 Å². The molecule has 0 aromatic heterocycles. The molecule has 2 aromatic rings. The van der Waals surface area contributed by atoms with Crippen LogP contribution < -0.4 is 9.57 Å². The summed E-state index contributed by atoms with van der Waals surface area (Å²) >= 11 is 0. The molecule has 0 saturated carbocycles. The van der Waals surface area contributed by atoms with Crippen molar-refractivity contribution in [3.8, 4) is 5.75 Å². The van der Waals surface area contributed by atoms with Crippen LogP contribution in [0.1, 0.15) is 31.9 Å². The van der Waals surface area contributed by atoms with E-state index in [-0.39, 0.29) is 11.0 Å². The van der Waals surface area contributed by atoms with E-state index in [2.05, 4.69) is 9.93 Å². The van der Waals surface area contributed by atoms with Gasteiger partial charge in [-0.25, -0.2) is 0 Å². The van der Waals surface area contributed by atoms with Gasteiger partial charge in [-0.1, -0.05) is 17.7 Å². The van der Waals surface area contributed by atoms with E-state index < -0.39 is 10.0 Å². The Balaban J connectivity index is 2.11. The van der Waals surface area contributed by atoms with E-state index >= 15 is 0 Å². The second kappa shape index (κ2) is 7.49. The number of nitrogens with zero attached hydrogens (tertiary/aromatic N) is 1. The van der Waals surface area contributed by atoms with Gasteiger partial charge in [0.1, 0.15) is 5.75 Å². The number of nitrogens with one attached hydrogen (secondary N) is 1. The molecule has 0 aliphatic carbocycles. The number of hydrogen-bond acceptors (Lipinski definition) is 4. The summed E-state index contributed by atoms with van der Waals surface area (Å²) in [5, 5.41) is 3.99. The normalized spacial score (nSPS) is 12.3. The fraction of sp³-hybridized carbons (Fsp3) is 0.278. The highest BCUT2D eigenvalue weighted by atomic mass is 32.2. The zero-order valence-electron chi connectivity index (χ0n) is 14.3. The molecule has 0 aliphatic rings. The third-order valence-electron chi connectivity index (χ3n) is 3.31. The fourth-order valence-electron chi connectivity index (χ4n) is 2.01. The molecule has 0 fully saturated rings. The van der Waals surface area contributed by atoms with Crippen molar-refractivity contribution in [3.05, 3.63) is 59.7 Å². The van der Waals surface area contributed by atoms with Crippen LogP contribution in [-0.2, 0) is 10.0 Å². The van der Waals surface area contributed by atoms with Crippen LogP contribution in [0, 0.1) is 6.92 Å². The Bertz CT molecular complexity index is 808. The van der Waals surface area contributed by atoms with Gasteiger partial charge >= 0.3 is 0 Å². The fourth-order valence-corrected chi connectivity index (χ4v) is 2.87. The average molecular weight is 346 g/mol. The minimum atomic E-state index is -3.67.